The lowest BCUT2D eigenvalue weighted by Gasteiger charge is -2.39. The summed E-state index contributed by atoms with van der Waals surface area (Å²) in [5.41, 5.74) is 0.914. The van der Waals surface area contributed by atoms with Crippen LogP contribution in [0.5, 0.6) is 0 Å². The lowest BCUT2D eigenvalue weighted by molar-refractivity contribution is -0.125. The van der Waals surface area contributed by atoms with Gasteiger partial charge in [0, 0.05) is 23.7 Å². The van der Waals surface area contributed by atoms with Gasteiger partial charge in [0.1, 0.15) is 5.82 Å². The molecule has 2 aliphatic rings. The van der Waals surface area contributed by atoms with Crippen molar-refractivity contribution in [1.82, 2.24) is 15.2 Å². The zero-order valence-electron chi connectivity index (χ0n) is 18.2. The molecule has 0 radical (unpaired) electrons. The number of amides is 1. The summed E-state index contributed by atoms with van der Waals surface area (Å²) in [6.07, 6.45) is 8.05. The second-order valence-electron chi connectivity index (χ2n) is 9.05. The third-order valence-corrected chi connectivity index (χ3v) is 6.88. The van der Waals surface area contributed by atoms with Gasteiger partial charge in [-0.15, -0.1) is 0 Å². The summed E-state index contributed by atoms with van der Waals surface area (Å²) >= 11 is 0. The Labute approximate surface area is 187 Å². The molecule has 1 aliphatic carbocycles. The van der Waals surface area contributed by atoms with E-state index in [0.29, 0.717) is 38.0 Å². The molecular formula is C25H30FN3O3. The number of H-pyrrole nitrogens is 1. The Kier molecular flexibility index (Phi) is 6.84. The van der Waals surface area contributed by atoms with E-state index >= 15 is 0 Å². The van der Waals surface area contributed by atoms with E-state index in [-0.39, 0.29) is 29.0 Å². The minimum absolute atomic E-state index is 0.0265. The van der Waals surface area contributed by atoms with Crippen molar-refractivity contribution in [3.63, 3.8) is 0 Å². The molecule has 32 heavy (non-hydrogen) atoms. The maximum absolute atomic E-state index is 13.1. The maximum atomic E-state index is 13.1. The number of carbonyl (C=O) groups excluding carboxylic acids is 2. The highest BCUT2D eigenvalue weighted by Crippen LogP contribution is 2.36. The summed E-state index contributed by atoms with van der Waals surface area (Å²) in [7, 11) is 0. The van der Waals surface area contributed by atoms with Gasteiger partial charge in [0.2, 0.25) is 11.5 Å². The van der Waals surface area contributed by atoms with Crippen LogP contribution < -0.4 is 10.9 Å². The summed E-state index contributed by atoms with van der Waals surface area (Å²) in [6.45, 7) is 1.65. The number of piperidine rings is 1. The molecule has 0 bridgehead atoms. The van der Waals surface area contributed by atoms with Crippen molar-refractivity contribution >= 4 is 11.7 Å². The Bertz CT molecular complexity index is 983. The molecule has 2 heterocycles. The standard InChI is InChI=1S/C25H30FN3O3/c26-21-7-4-18(5-8-21)24(32)19-10-14-29(15-11-19)17-23(31)28-25(12-2-1-3-13-25)20-6-9-22(30)27-16-20/h4-9,16,19H,1-3,10-15,17H2,(H,27,30)(H,28,31). The normalized spacial score (nSPS) is 19.4. The van der Waals surface area contributed by atoms with E-state index in [1.54, 1.807) is 6.20 Å². The number of ketones is 1. The van der Waals surface area contributed by atoms with Gasteiger partial charge in [-0.1, -0.05) is 19.3 Å². The predicted molar refractivity (Wildman–Crippen MR) is 120 cm³/mol. The molecule has 0 atom stereocenters. The molecule has 0 unspecified atom stereocenters. The van der Waals surface area contributed by atoms with Gasteiger partial charge in [0.05, 0.1) is 12.1 Å². The number of nitrogens with zero attached hydrogens (tertiary/aromatic N) is 1. The first-order chi connectivity index (χ1) is 15.4. The van der Waals surface area contributed by atoms with E-state index in [0.717, 1.165) is 37.7 Å². The lowest BCUT2D eigenvalue weighted by Crippen LogP contribution is -2.51. The number of rotatable bonds is 6. The van der Waals surface area contributed by atoms with E-state index in [1.807, 2.05) is 6.07 Å². The second kappa shape index (κ2) is 9.77. The number of hydrogen-bond acceptors (Lipinski definition) is 4. The van der Waals surface area contributed by atoms with Gasteiger partial charge in [-0.05, 0) is 74.7 Å². The van der Waals surface area contributed by atoms with Crippen LogP contribution in [0.3, 0.4) is 0 Å². The molecule has 2 fully saturated rings. The molecule has 0 spiro atoms. The average Bonchev–Trinajstić information content (AvgIpc) is 2.80. The molecule has 4 rings (SSSR count). The minimum atomic E-state index is -0.434. The van der Waals surface area contributed by atoms with Crippen molar-refractivity contribution in [2.75, 3.05) is 19.6 Å². The van der Waals surface area contributed by atoms with Crippen LogP contribution in [0, 0.1) is 11.7 Å². The molecule has 7 heteroatoms. The number of hydrogen-bond donors (Lipinski definition) is 2. The lowest BCUT2D eigenvalue weighted by atomic mass is 9.77. The molecule has 1 amide bonds. The van der Waals surface area contributed by atoms with Crippen molar-refractivity contribution in [2.24, 2.45) is 5.92 Å². The Morgan fingerprint density at radius 2 is 1.72 bits per heavy atom. The summed E-state index contributed by atoms with van der Waals surface area (Å²) in [5, 5.41) is 3.28. The van der Waals surface area contributed by atoms with Crippen LogP contribution >= 0.6 is 0 Å². The first-order valence-electron chi connectivity index (χ1n) is 11.5. The van der Waals surface area contributed by atoms with E-state index in [1.165, 1.54) is 30.3 Å². The minimum Gasteiger partial charge on any atom is -0.345 e. The first kappa shape index (κ1) is 22.4. The van der Waals surface area contributed by atoms with Crippen LogP contribution in [0.4, 0.5) is 4.39 Å². The van der Waals surface area contributed by atoms with E-state index in [4.69, 9.17) is 0 Å². The smallest absolute Gasteiger partial charge is 0.247 e. The van der Waals surface area contributed by atoms with E-state index in [9.17, 15) is 18.8 Å². The fraction of sp³-hybridized carbons (Fsp3) is 0.480. The second-order valence-corrected chi connectivity index (χ2v) is 9.05. The fourth-order valence-corrected chi connectivity index (χ4v) is 5.06. The van der Waals surface area contributed by atoms with Crippen LogP contribution in [-0.2, 0) is 10.3 Å². The number of pyridine rings is 1. The van der Waals surface area contributed by atoms with Crippen LogP contribution in [-0.4, -0.2) is 41.2 Å². The van der Waals surface area contributed by atoms with Gasteiger partial charge in [-0.3, -0.25) is 19.3 Å². The highest BCUT2D eigenvalue weighted by Gasteiger charge is 2.36. The summed E-state index contributed by atoms with van der Waals surface area (Å²) in [4.78, 5) is 42.0. The van der Waals surface area contributed by atoms with Crippen molar-refractivity contribution in [3.8, 4) is 0 Å². The Morgan fingerprint density at radius 1 is 1.03 bits per heavy atom. The molecule has 1 aliphatic heterocycles. The van der Waals surface area contributed by atoms with E-state index in [2.05, 4.69) is 15.2 Å². The molecule has 1 saturated carbocycles. The Balaban J connectivity index is 1.34. The largest absolute Gasteiger partial charge is 0.345 e. The number of nitrogens with one attached hydrogen (secondary N) is 2. The fourth-order valence-electron chi connectivity index (χ4n) is 5.06. The van der Waals surface area contributed by atoms with Gasteiger partial charge in [-0.25, -0.2) is 4.39 Å². The third kappa shape index (κ3) is 5.15. The van der Waals surface area contributed by atoms with Crippen LogP contribution in [0.1, 0.15) is 60.9 Å². The zero-order chi connectivity index (χ0) is 22.6. The Hall–Kier alpha value is -2.80. The first-order valence-corrected chi connectivity index (χ1v) is 11.5. The number of aromatic amines is 1. The molecule has 1 aromatic carbocycles. The topological polar surface area (TPSA) is 82.3 Å². The molecule has 2 aromatic rings. The van der Waals surface area contributed by atoms with Crippen molar-refractivity contribution in [1.29, 1.82) is 0 Å². The van der Waals surface area contributed by atoms with Crippen LogP contribution in [0.25, 0.3) is 0 Å². The highest BCUT2D eigenvalue weighted by atomic mass is 19.1. The van der Waals surface area contributed by atoms with Crippen molar-refractivity contribution < 1.29 is 14.0 Å². The number of Topliss-reactive ketones (excluding diaryl/α,β-unsaturated/α-hetero) is 1. The predicted octanol–water partition coefficient (Wildman–Crippen LogP) is 3.38. The zero-order valence-corrected chi connectivity index (χ0v) is 18.2. The Morgan fingerprint density at radius 3 is 2.34 bits per heavy atom. The summed E-state index contributed by atoms with van der Waals surface area (Å²) in [5.74, 6) is -0.416. The summed E-state index contributed by atoms with van der Waals surface area (Å²) < 4.78 is 13.1. The number of carbonyl (C=O) groups is 2. The van der Waals surface area contributed by atoms with Crippen LogP contribution in [0.15, 0.2) is 47.4 Å². The van der Waals surface area contributed by atoms with E-state index < -0.39 is 5.54 Å². The van der Waals surface area contributed by atoms with Crippen molar-refractivity contribution in [2.45, 2.75) is 50.5 Å². The van der Waals surface area contributed by atoms with Gasteiger partial charge in [-0.2, -0.15) is 0 Å². The average molecular weight is 440 g/mol. The molecule has 1 aromatic heterocycles. The number of likely N-dealkylation sites (tertiary alicyclic amines) is 1. The quantitative estimate of drug-likeness (QED) is 0.676. The number of halogens is 1. The highest BCUT2D eigenvalue weighted by molar-refractivity contribution is 5.97. The molecule has 1 saturated heterocycles. The van der Waals surface area contributed by atoms with Gasteiger partial charge in [0.25, 0.3) is 0 Å². The maximum Gasteiger partial charge on any atom is 0.247 e. The van der Waals surface area contributed by atoms with Crippen molar-refractivity contribution in [3.05, 3.63) is 69.9 Å². The summed E-state index contributed by atoms with van der Waals surface area (Å²) in [6, 6.07) is 9.04. The van der Waals surface area contributed by atoms with Gasteiger partial charge < -0.3 is 10.3 Å². The molecule has 6 nitrogen and oxygen atoms in total. The molecule has 2 N–H and O–H groups in total. The number of aromatic nitrogens is 1. The number of benzene rings is 1. The van der Waals surface area contributed by atoms with Gasteiger partial charge >= 0.3 is 0 Å². The monoisotopic (exact) mass is 439 g/mol. The van der Waals surface area contributed by atoms with Gasteiger partial charge in [0.15, 0.2) is 5.78 Å². The SMILES string of the molecule is O=C(CN1CCC(C(=O)c2ccc(F)cc2)CC1)NC1(c2ccc(=O)[nH]c2)CCCCC1. The molecule has 170 valence electrons. The molecular weight excluding hydrogens is 409 g/mol. The van der Waals surface area contributed by atoms with Crippen LogP contribution in [0.2, 0.25) is 0 Å². The third-order valence-electron chi connectivity index (χ3n) is 6.88.